The summed E-state index contributed by atoms with van der Waals surface area (Å²) >= 11 is 0. The molecule has 0 fully saturated rings. The molecule has 0 aliphatic carbocycles. The van der Waals surface area contributed by atoms with Crippen molar-refractivity contribution in [2.45, 2.75) is 0 Å². The van der Waals surface area contributed by atoms with E-state index in [-0.39, 0.29) is 23.5 Å². The van der Waals surface area contributed by atoms with E-state index in [1.165, 1.54) is 31.5 Å². The predicted octanol–water partition coefficient (Wildman–Crippen LogP) is 2.98. The van der Waals surface area contributed by atoms with Gasteiger partial charge < -0.3 is 20.1 Å². The summed E-state index contributed by atoms with van der Waals surface area (Å²) < 4.78 is 18.2. The fourth-order valence-corrected chi connectivity index (χ4v) is 2.27. The second-order valence-corrected chi connectivity index (χ2v) is 6.11. The minimum Gasteiger partial charge on any atom is -0.504 e. The van der Waals surface area contributed by atoms with Crippen LogP contribution in [0, 0.1) is 5.82 Å². The summed E-state index contributed by atoms with van der Waals surface area (Å²) in [5.74, 6) is 0.961. The molecule has 0 atom stereocenters. The van der Waals surface area contributed by atoms with Crippen LogP contribution in [0.25, 0.3) is 0 Å². The Labute approximate surface area is 166 Å². The fourth-order valence-electron chi connectivity index (χ4n) is 2.27. The number of nitrogens with zero attached hydrogens (tertiary/aromatic N) is 5. The summed E-state index contributed by atoms with van der Waals surface area (Å²) in [5.41, 5.74) is 4.09. The van der Waals surface area contributed by atoms with Crippen LogP contribution in [-0.2, 0) is 0 Å². The molecule has 1 heterocycles. The van der Waals surface area contributed by atoms with Crippen molar-refractivity contribution in [3.63, 3.8) is 0 Å². The molecule has 0 amide bonds. The lowest BCUT2D eigenvalue weighted by atomic mass is 10.2. The van der Waals surface area contributed by atoms with Gasteiger partial charge in [0.15, 0.2) is 11.5 Å². The highest BCUT2D eigenvalue weighted by Crippen LogP contribution is 2.25. The number of benzene rings is 2. The van der Waals surface area contributed by atoms with E-state index in [9.17, 15) is 9.50 Å². The van der Waals surface area contributed by atoms with E-state index in [0.29, 0.717) is 22.9 Å². The van der Waals surface area contributed by atoms with Crippen LogP contribution in [0.4, 0.5) is 27.9 Å². The highest BCUT2D eigenvalue weighted by atomic mass is 19.1. The van der Waals surface area contributed by atoms with Crippen molar-refractivity contribution in [2.24, 2.45) is 5.10 Å². The topological polar surface area (TPSA) is 108 Å². The molecule has 0 spiro atoms. The first-order chi connectivity index (χ1) is 13.9. The normalized spacial score (nSPS) is 10.8. The third-order valence-corrected chi connectivity index (χ3v) is 3.71. The maximum Gasteiger partial charge on any atom is 0.250 e. The number of phenols is 1. The largest absolute Gasteiger partial charge is 0.504 e. The number of phenolic OH excluding ortho intramolecular Hbond substituents is 1. The molecule has 29 heavy (non-hydrogen) atoms. The smallest absolute Gasteiger partial charge is 0.250 e. The van der Waals surface area contributed by atoms with Crippen molar-refractivity contribution in [1.29, 1.82) is 0 Å². The lowest BCUT2D eigenvalue weighted by Gasteiger charge is -2.13. The molecule has 0 aliphatic heterocycles. The van der Waals surface area contributed by atoms with Crippen LogP contribution in [0.3, 0.4) is 0 Å². The number of ether oxygens (including phenoxy) is 1. The number of nitrogens with one attached hydrogen (secondary N) is 2. The van der Waals surface area contributed by atoms with Gasteiger partial charge in [-0.2, -0.15) is 20.1 Å². The summed E-state index contributed by atoms with van der Waals surface area (Å²) in [6.45, 7) is 0. The van der Waals surface area contributed by atoms with Crippen molar-refractivity contribution in [1.82, 2.24) is 15.0 Å². The maximum atomic E-state index is 13.1. The number of hydrogen-bond acceptors (Lipinski definition) is 9. The Balaban J connectivity index is 1.79. The van der Waals surface area contributed by atoms with Gasteiger partial charge >= 0.3 is 0 Å². The van der Waals surface area contributed by atoms with E-state index < -0.39 is 0 Å². The van der Waals surface area contributed by atoms with Crippen LogP contribution < -0.4 is 20.4 Å². The molecule has 0 radical (unpaired) electrons. The molecule has 10 heteroatoms. The zero-order chi connectivity index (χ0) is 20.8. The van der Waals surface area contributed by atoms with Crippen LogP contribution in [0.15, 0.2) is 47.6 Å². The van der Waals surface area contributed by atoms with Crippen LogP contribution in [0.5, 0.6) is 11.5 Å². The molecule has 9 nitrogen and oxygen atoms in total. The number of hydrogen-bond donors (Lipinski definition) is 3. The molecule has 3 rings (SSSR count). The number of methoxy groups -OCH3 is 1. The maximum absolute atomic E-state index is 13.1. The lowest BCUT2D eigenvalue weighted by molar-refractivity contribution is 0.373. The molecule has 3 N–H and O–H groups in total. The zero-order valence-corrected chi connectivity index (χ0v) is 16.1. The zero-order valence-electron chi connectivity index (χ0n) is 16.1. The third kappa shape index (κ3) is 5.28. The summed E-state index contributed by atoms with van der Waals surface area (Å²) in [5, 5.41) is 16.8. The van der Waals surface area contributed by atoms with Crippen molar-refractivity contribution in [3.8, 4) is 11.5 Å². The molecular formula is C19H20FN7O2. The summed E-state index contributed by atoms with van der Waals surface area (Å²) in [6, 6.07) is 10.7. The molecule has 1 aromatic heterocycles. The van der Waals surface area contributed by atoms with E-state index in [4.69, 9.17) is 4.74 Å². The predicted molar refractivity (Wildman–Crippen MR) is 110 cm³/mol. The molecule has 2 aromatic carbocycles. The Morgan fingerprint density at radius 3 is 2.48 bits per heavy atom. The molecule has 0 aliphatic rings. The van der Waals surface area contributed by atoms with Gasteiger partial charge in [-0.25, -0.2) is 9.82 Å². The Kier molecular flexibility index (Phi) is 6.03. The first kappa shape index (κ1) is 19.8. The Bertz CT molecular complexity index is 1010. The standard InChI is InChI=1S/C19H20FN7O2/c1-27(2)19-24-17(22-14-7-5-13(20)6-8-14)23-18(25-19)26-21-11-12-4-9-15(28)16(10-12)29-3/h4-11,28H,1-3H3,(H2,22,23,24,25,26)/b21-11-. The molecule has 3 aromatic rings. The van der Waals surface area contributed by atoms with E-state index in [1.54, 1.807) is 43.3 Å². The van der Waals surface area contributed by atoms with Gasteiger partial charge in [0.25, 0.3) is 0 Å². The van der Waals surface area contributed by atoms with Gasteiger partial charge in [0.1, 0.15) is 5.82 Å². The van der Waals surface area contributed by atoms with Crippen molar-refractivity contribution in [3.05, 3.63) is 53.8 Å². The van der Waals surface area contributed by atoms with Crippen LogP contribution in [-0.4, -0.2) is 47.5 Å². The molecule has 0 saturated carbocycles. The van der Waals surface area contributed by atoms with Gasteiger partial charge in [-0.1, -0.05) is 0 Å². The molecule has 0 saturated heterocycles. The minimum atomic E-state index is -0.331. The van der Waals surface area contributed by atoms with Crippen LogP contribution >= 0.6 is 0 Å². The monoisotopic (exact) mass is 397 g/mol. The van der Waals surface area contributed by atoms with E-state index in [2.05, 4.69) is 30.8 Å². The van der Waals surface area contributed by atoms with E-state index in [1.807, 2.05) is 0 Å². The van der Waals surface area contributed by atoms with E-state index >= 15 is 0 Å². The second kappa shape index (κ2) is 8.83. The second-order valence-electron chi connectivity index (χ2n) is 6.11. The Hall–Kier alpha value is -3.95. The van der Waals surface area contributed by atoms with Gasteiger partial charge in [0.2, 0.25) is 17.8 Å². The average Bonchev–Trinajstić information content (AvgIpc) is 2.71. The Morgan fingerprint density at radius 2 is 1.79 bits per heavy atom. The number of aromatic nitrogens is 3. The highest BCUT2D eigenvalue weighted by molar-refractivity contribution is 5.81. The van der Waals surface area contributed by atoms with Gasteiger partial charge in [-0.15, -0.1) is 0 Å². The van der Waals surface area contributed by atoms with Gasteiger partial charge in [0, 0.05) is 19.8 Å². The lowest BCUT2D eigenvalue weighted by Crippen LogP contribution is -2.15. The average molecular weight is 397 g/mol. The Morgan fingerprint density at radius 1 is 1.07 bits per heavy atom. The minimum absolute atomic E-state index is 0.0437. The molecule has 150 valence electrons. The molecule has 0 bridgehead atoms. The number of anilines is 4. The quantitative estimate of drug-likeness (QED) is 0.413. The van der Waals surface area contributed by atoms with Gasteiger partial charge in [-0.3, -0.25) is 0 Å². The van der Waals surface area contributed by atoms with Gasteiger partial charge in [0.05, 0.1) is 13.3 Å². The van der Waals surface area contributed by atoms with Crippen molar-refractivity contribution >= 4 is 29.7 Å². The number of rotatable bonds is 7. The number of aromatic hydroxyl groups is 1. The first-order valence-electron chi connectivity index (χ1n) is 8.56. The summed E-state index contributed by atoms with van der Waals surface area (Å²) in [4.78, 5) is 14.6. The van der Waals surface area contributed by atoms with Gasteiger partial charge in [-0.05, 0) is 48.0 Å². The molecule has 0 unspecified atom stereocenters. The van der Waals surface area contributed by atoms with Crippen LogP contribution in [0.1, 0.15) is 5.56 Å². The first-order valence-corrected chi connectivity index (χ1v) is 8.56. The molecular weight excluding hydrogens is 377 g/mol. The van der Waals surface area contributed by atoms with Crippen molar-refractivity contribution in [2.75, 3.05) is 36.8 Å². The SMILES string of the molecule is COc1cc(/C=N\Nc2nc(Nc3ccc(F)cc3)nc(N(C)C)n2)ccc1O. The third-order valence-electron chi connectivity index (χ3n) is 3.71. The summed E-state index contributed by atoms with van der Waals surface area (Å²) in [7, 11) is 5.07. The highest BCUT2D eigenvalue weighted by Gasteiger charge is 2.08. The number of halogens is 1. The summed E-state index contributed by atoms with van der Waals surface area (Å²) in [6.07, 6.45) is 1.54. The fraction of sp³-hybridized carbons (Fsp3) is 0.158. The van der Waals surface area contributed by atoms with Crippen LogP contribution in [0.2, 0.25) is 0 Å². The van der Waals surface area contributed by atoms with E-state index in [0.717, 1.165) is 0 Å². The van der Waals surface area contributed by atoms with Crippen molar-refractivity contribution < 1.29 is 14.2 Å². The number of hydrazone groups is 1.